The van der Waals surface area contributed by atoms with Crippen molar-refractivity contribution in [3.05, 3.63) is 72.6 Å². The van der Waals surface area contributed by atoms with Gasteiger partial charge in [-0.3, -0.25) is 4.79 Å². The van der Waals surface area contributed by atoms with Crippen molar-refractivity contribution in [3.63, 3.8) is 0 Å². The first-order valence-corrected chi connectivity index (χ1v) is 8.92. The summed E-state index contributed by atoms with van der Waals surface area (Å²) in [5.74, 6) is -0.276. The summed E-state index contributed by atoms with van der Waals surface area (Å²) in [5.41, 5.74) is 4.35. The van der Waals surface area contributed by atoms with Crippen LogP contribution in [0.3, 0.4) is 0 Å². The number of rotatable bonds is 4. The molecule has 0 spiro atoms. The first-order chi connectivity index (χ1) is 13.3. The summed E-state index contributed by atoms with van der Waals surface area (Å²) >= 11 is 0. The fourth-order valence-corrected chi connectivity index (χ4v) is 3.10. The van der Waals surface area contributed by atoms with Gasteiger partial charge in [0.25, 0.3) is 5.91 Å². The molecule has 2 heterocycles. The summed E-state index contributed by atoms with van der Waals surface area (Å²) in [4.78, 5) is 14.6. The third kappa shape index (κ3) is 4.12. The molecule has 0 bridgehead atoms. The van der Waals surface area contributed by atoms with Gasteiger partial charge >= 0.3 is 0 Å². The maximum absolute atomic E-state index is 12.3. The van der Waals surface area contributed by atoms with Crippen molar-refractivity contribution in [1.82, 2.24) is 10.2 Å². The van der Waals surface area contributed by atoms with Crippen LogP contribution >= 0.6 is 0 Å². The summed E-state index contributed by atoms with van der Waals surface area (Å²) in [6.45, 7) is 3.32. The fourth-order valence-electron chi connectivity index (χ4n) is 3.10. The highest BCUT2D eigenvalue weighted by molar-refractivity contribution is 6.03. The molecule has 0 aliphatic carbocycles. The lowest BCUT2D eigenvalue weighted by molar-refractivity contribution is 0.102. The number of nitrogens with zero attached hydrogens (tertiary/aromatic N) is 3. The molecule has 0 atom stereocenters. The predicted molar refractivity (Wildman–Crippen MR) is 105 cm³/mol. The summed E-state index contributed by atoms with van der Waals surface area (Å²) in [6.07, 6.45) is 1.54. The van der Waals surface area contributed by atoms with Crippen molar-refractivity contribution in [3.8, 4) is 11.1 Å². The first kappa shape index (κ1) is 17.2. The number of morpholine rings is 1. The third-order valence-corrected chi connectivity index (χ3v) is 4.48. The minimum absolute atomic E-state index is 0.276. The standard InChI is InChI=1S/C21H20N4O2/c26-21(20-8-3-9-22-24-20)23-18-6-1-4-16(14-18)17-5-2-7-19(15-17)25-10-12-27-13-11-25/h1-9,14-15H,10-13H2,(H,23,26). The number of amides is 1. The van der Waals surface area contributed by atoms with E-state index < -0.39 is 0 Å². The number of benzene rings is 2. The minimum atomic E-state index is -0.276. The van der Waals surface area contributed by atoms with Gasteiger partial charge in [0.15, 0.2) is 5.69 Å². The highest BCUT2D eigenvalue weighted by atomic mass is 16.5. The van der Waals surface area contributed by atoms with Gasteiger partial charge in [-0.25, -0.2) is 0 Å². The molecular formula is C21H20N4O2. The molecule has 6 heteroatoms. The fraction of sp³-hybridized carbons (Fsp3) is 0.190. The van der Waals surface area contributed by atoms with E-state index in [4.69, 9.17) is 4.74 Å². The summed E-state index contributed by atoms with van der Waals surface area (Å²) in [5, 5.41) is 10.5. The van der Waals surface area contributed by atoms with Gasteiger partial charge < -0.3 is 15.0 Å². The zero-order chi connectivity index (χ0) is 18.5. The number of aromatic nitrogens is 2. The molecule has 0 unspecified atom stereocenters. The smallest absolute Gasteiger partial charge is 0.276 e. The third-order valence-electron chi connectivity index (χ3n) is 4.48. The number of hydrogen-bond acceptors (Lipinski definition) is 5. The molecule has 27 heavy (non-hydrogen) atoms. The van der Waals surface area contributed by atoms with Gasteiger partial charge in [-0.1, -0.05) is 24.3 Å². The molecule has 3 aromatic rings. The molecule has 6 nitrogen and oxygen atoms in total. The Morgan fingerprint density at radius 1 is 0.963 bits per heavy atom. The van der Waals surface area contributed by atoms with Crippen LogP contribution in [0.25, 0.3) is 11.1 Å². The predicted octanol–water partition coefficient (Wildman–Crippen LogP) is 3.23. The highest BCUT2D eigenvalue weighted by Gasteiger charge is 2.12. The quantitative estimate of drug-likeness (QED) is 0.774. The van der Waals surface area contributed by atoms with Crippen LogP contribution in [-0.4, -0.2) is 42.4 Å². The van der Waals surface area contributed by atoms with Crippen LogP contribution in [0.4, 0.5) is 11.4 Å². The molecule has 4 rings (SSSR count). The van der Waals surface area contributed by atoms with Gasteiger partial charge in [-0.2, -0.15) is 5.10 Å². The van der Waals surface area contributed by atoms with Crippen molar-refractivity contribution in [2.75, 3.05) is 36.5 Å². The second-order valence-corrected chi connectivity index (χ2v) is 6.29. The monoisotopic (exact) mass is 360 g/mol. The van der Waals surface area contributed by atoms with Gasteiger partial charge in [0.2, 0.25) is 0 Å². The van der Waals surface area contributed by atoms with Crippen LogP contribution in [-0.2, 0) is 4.74 Å². The molecule has 1 aromatic heterocycles. The Bertz CT molecular complexity index is 924. The van der Waals surface area contributed by atoms with Gasteiger partial charge in [0.05, 0.1) is 13.2 Å². The van der Waals surface area contributed by atoms with E-state index in [2.05, 4.69) is 44.7 Å². The SMILES string of the molecule is O=C(Nc1cccc(-c2cccc(N3CCOCC3)c2)c1)c1cccnn1. The summed E-state index contributed by atoms with van der Waals surface area (Å²) in [6, 6.07) is 19.6. The van der Waals surface area contributed by atoms with E-state index in [1.54, 1.807) is 18.3 Å². The number of nitrogens with one attached hydrogen (secondary N) is 1. The molecule has 1 saturated heterocycles. The minimum Gasteiger partial charge on any atom is -0.378 e. The lowest BCUT2D eigenvalue weighted by Crippen LogP contribution is -2.36. The van der Waals surface area contributed by atoms with Crippen LogP contribution < -0.4 is 10.2 Å². The molecule has 1 N–H and O–H groups in total. The van der Waals surface area contributed by atoms with Crippen LogP contribution in [0, 0.1) is 0 Å². The Balaban J connectivity index is 1.54. The van der Waals surface area contributed by atoms with Crippen molar-refractivity contribution in [2.45, 2.75) is 0 Å². The summed E-state index contributed by atoms with van der Waals surface area (Å²) in [7, 11) is 0. The zero-order valence-corrected chi connectivity index (χ0v) is 14.8. The molecule has 0 radical (unpaired) electrons. The Labute approximate surface area is 157 Å². The van der Waals surface area contributed by atoms with Gasteiger partial charge in [0, 0.05) is 30.7 Å². The van der Waals surface area contributed by atoms with Crippen LogP contribution in [0.2, 0.25) is 0 Å². The largest absolute Gasteiger partial charge is 0.378 e. The zero-order valence-electron chi connectivity index (χ0n) is 14.8. The van der Waals surface area contributed by atoms with E-state index in [0.717, 1.165) is 43.1 Å². The molecule has 2 aromatic carbocycles. The van der Waals surface area contributed by atoms with E-state index in [1.165, 1.54) is 5.69 Å². The van der Waals surface area contributed by atoms with E-state index in [1.807, 2.05) is 24.3 Å². The molecular weight excluding hydrogens is 340 g/mol. The van der Waals surface area contributed by atoms with Crippen molar-refractivity contribution in [1.29, 1.82) is 0 Å². The average molecular weight is 360 g/mol. The maximum Gasteiger partial charge on any atom is 0.276 e. The number of carbonyl (C=O) groups is 1. The second-order valence-electron chi connectivity index (χ2n) is 6.29. The van der Waals surface area contributed by atoms with Crippen LogP contribution in [0.15, 0.2) is 66.9 Å². The van der Waals surface area contributed by atoms with Gasteiger partial charge in [0.1, 0.15) is 0 Å². The number of ether oxygens (including phenoxy) is 1. The topological polar surface area (TPSA) is 67.4 Å². The van der Waals surface area contributed by atoms with Crippen molar-refractivity contribution < 1.29 is 9.53 Å². The molecule has 136 valence electrons. The Morgan fingerprint density at radius 3 is 2.52 bits per heavy atom. The van der Waals surface area contributed by atoms with E-state index >= 15 is 0 Å². The number of hydrogen-bond donors (Lipinski definition) is 1. The average Bonchev–Trinajstić information content (AvgIpc) is 2.75. The van der Waals surface area contributed by atoms with Crippen molar-refractivity contribution >= 4 is 17.3 Å². The normalized spacial score (nSPS) is 14.0. The number of anilines is 2. The Morgan fingerprint density at radius 2 is 1.74 bits per heavy atom. The number of carbonyl (C=O) groups excluding carboxylic acids is 1. The van der Waals surface area contributed by atoms with Gasteiger partial charge in [-0.15, -0.1) is 5.10 Å². The summed E-state index contributed by atoms with van der Waals surface area (Å²) < 4.78 is 5.43. The van der Waals surface area contributed by atoms with E-state index in [-0.39, 0.29) is 11.6 Å². The maximum atomic E-state index is 12.3. The first-order valence-electron chi connectivity index (χ1n) is 8.92. The van der Waals surface area contributed by atoms with E-state index in [9.17, 15) is 4.79 Å². The molecule has 0 saturated carbocycles. The van der Waals surface area contributed by atoms with E-state index in [0.29, 0.717) is 0 Å². The lowest BCUT2D eigenvalue weighted by Gasteiger charge is -2.29. The lowest BCUT2D eigenvalue weighted by atomic mass is 10.0. The Hall–Kier alpha value is -3.25. The van der Waals surface area contributed by atoms with Crippen LogP contribution in [0.1, 0.15) is 10.5 Å². The Kier molecular flexibility index (Phi) is 5.07. The molecule has 1 aliphatic rings. The van der Waals surface area contributed by atoms with Crippen molar-refractivity contribution in [2.24, 2.45) is 0 Å². The van der Waals surface area contributed by atoms with Crippen LogP contribution in [0.5, 0.6) is 0 Å². The molecule has 1 fully saturated rings. The highest BCUT2D eigenvalue weighted by Crippen LogP contribution is 2.27. The molecule has 1 amide bonds. The molecule has 1 aliphatic heterocycles. The van der Waals surface area contributed by atoms with Gasteiger partial charge in [-0.05, 0) is 47.5 Å². The second kappa shape index (κ2) is 7.97.